The summed E-state index contributed by atoms with van der Waals surface area (Å²) in [6, 6.07) is 1.50. The molecule has 2 aliphatic rings. The lowest BCUT2D eigenvalue weighted by molar-refractivity contribution is 0.0714. The number of hydrogen-bond donors (Lipinski definition) is 0. The van der Waals surface area contributed by atoms with E-state index in [0.29, 0.717) is 0 Å². The maximum Gasteiger partial charge on any atom is 0.0622 e. The Labute approximate surface area is 115 Å². The highest BCUT2D eigenvalue weighted by molar-refractivity contribution is 6.41. The van der Waals surface area contributed by atoms with Crippen LogP contribution in [0.2, 0.25) is 6.04 Å². The largest absolute Gasteiger partial charge is 0.288 e. The number of likely N-dealkylation sites (tertiary alicyclic amines) is 2. The quantitative estimate of drug-likeness (QED) is 0.516. The van der Waals surface area contributed by atoms with E-state index < -0.39 is 0 Å². The Morgan fingerprint density at radius 2 is 1.56 bits per heavy atom. The molecule has 104 valence electrons. The van der Waals surface area contributed by atoms with Crippen molar-refractivity contribution in [3.05, 3.63) is 11.8 Å². The lowest BCUT2D eigenvalue weighted by atomic mass is 10.2. The molecule has 18 heavy (non-hydrogen) atoms. The highest BCUT2D eigenvalue weighted by atomic mass is 28.2. The molecular formula is C15H30N2Si. The molecule has 0 aromatic heterocycles. The second-order valence-electron chi connectivity index (χ2n) is 5.82. The SMILES string of the molecule is CC=C[SiH2]CCCC(N1CCCC1)N1CCCC1. The molecule has 0 spiro atoms. The van der Waals surface area contributed by atoms with Crippen LogP contribution in [0.3, 0.4) is 0 Å². The molecule has 0 saturated carbocycles. The molecule has 3 heteroatoms. The fraction of sp³-hybridized carbons (Fsp3) is 0.867. The minimum atomic E-state index is 0.108. The lowest BCUT2D eigenvalue weighted by Gasteiger charge is -2.35. The Morgan fingerprint density at radius 1 is 1.00 bits per heavy atom. The number of rotatable bonds is 7. The van der Waals surface area contributed by atoms with Crippen LogP contribution >= 0.6 is 0 Å². The minimum absolute atomic E-state index is 0.108. The highest BCUT2D eigenvalue weighted by Crippen LogP contribution is 2.23. The van der Waals surface area contributed by atoms with Gasteiger partial charge in [-0.05, 0) is 65.2 Å². The van der Waals surface area contributed by atoms with Crippen molar-refractivity contribution in [2.75, 3.05) is 26.2 Å². The molecule has 0 unspecified atom stereocenters. The topological polar surface area (TPSA) is 6.48 Å². The zero-order chi connectivity index (χ0) is 12.6. The van der Waals surface area contributed by atoms with Crippen LogP contribution in [0.5, 0.6) is 0 Å². The van der Waals surface area contributed by atoms with Gasteiger partial charge in [0.1, 0.15) is 0 Å². The molecule has 2 rings (SSSR count). The van der Waals surface area contributed by atoms with Gasteiger partial charge in [0.25, 0.3) is 0 Å². The van der Waals surface area contributed by atoms with E-state index in [-0.39, 0.29) is 9.52 Å². The van der Waals surface area contributed by atoms with Crippen LogP contribution in [0.4, 0.5) is 0 Å². The summed E-state index contributed by atoms with van der Waals surface area (Å²) in [6.45, 7) is 7.58. The van der Waals surface area contributed by atoms with Crippen LogP contribution in [-0.2, 0) is 0 Å². The van der Waals surface area contributed by atoms with Gasteiger partial charge < -0.3 is 0 Å². The predicted molar refractivity (Wildman–Crippen MR) is 82.8 cm³/mol. The summed E-state index contributed by atoms with van der Waals surface area (Å²) in [4.78, 5) is 5.53. The number of allylic oxidation sites excluding steroid dienone is 1. The average Bonchev–Trinajstić information content (AvgIpc) is 3.06. The third-order valence-electron chi connectivity index (χ3n) is 4.44. The van der Waals surface area contributed by atoms with Crippen molar-refractivity contribution < 1.29 is 0 Å². The molecule has 0 aromatic carbocycles. The maximum absolute atomic E-state index is 2.77. The van der Waals surface area contributed by atoms with Crippen molar-refractivity contribution in [3.63, 3.8) is 0 Å². The third kappa shape index (κ3) is 4.21. The smallest absolute Gasteiger partial charge is 0.0622 e. The third-order valence-corrected chi connectivity index (χ3v) is 6.16. The van der Waals surface area contributed by atoms with Crippen LogP contribution in [0, 0.1) is 0 Å². The highest BCUT2D eigenvalue weighted by Gasteiger charge is 2.28. The summed E-state index contributed by atoms with van der Waals surface area (Å²) in [5, 5.41) is 0. The molecule has 2 fully saturated rings. The summed E-state index contributed by atoms with van der Waals surface area (Å²) in [7, 11) is 0.108. The fourth-order valence-electron chi connectivity index (χ4n) is 3.43. The van der Waals surface area contributed by atoms with E-state index in [1.54, 1.807) is 0 Å². The van der Waals surface area contributed by atoms with E-state index in [0.717, 1.165) is 6.17 Å². The van der Waals surface area contributed by atoms with Gasteiger partial charge in [-0.1, -0.05) is 18.5 Å². The molecule has 0 amide bonds. The van der Waals surface area contributed by atoms with Gasteiger partial charge in [-0.2, -0.15) is 0 Å². The van der Waals surface area contributed by atoms with Gasteiger partial charge >= 0.3 is 0 Å². The lowest BCUT2D eigenvalue weighted by Crippen LogP contribution is -2.45. The summed E-state index contributed by atoms with van der Waals surface area (Å²) in [5.74, 6) is 0. The second kappa shape index (κ2) is 8.13. The molecule has 2 heterocycles. The van der Waals surface area contributed by atoms with Crippen LogP contribution in [0.1, 0.15) is 45.4 Å². The first-order valence-electron chi connectivity index (χ1n) is 8.01. The van der Waals surface area contributed by atoms with E-state index in [2.05, 4.69) is 28.5 Å². The van der Waals surface area contributed by atoms with Gasteiger partial charge in [0.05, 0.1) is 6.17 Å². The first-order chi connectivity index (χ1) is 8.92. The van der Waals surface area contributed by atoms with Gasteiger partial charge in [0, 0.05) is 9.52 Å². The first kappa shape index (κ1) is 14.3. The predicted octanol–water partition coefficient (Wildman–Crippen LogP) is 2.41. The summed E-state index contributed by atoms with van der Waals surface area (Å²) in [5.41, 5.74) is 2.45. The molecular weight excluding hydrogens is 236 g/mol. The molecule has 0 aliphatic carbocycles. The van der Waals surface area contributed by atoms with Crippen molar-refractivity contribution in [1.29, 1.82) is 0 Å². The second-order valence-corrected chi connectivity index (χ2v) is 7.58. The van der Waals surface area contributed by atoms with Gasteiger partial charge in [0.15, 0.2) is 0 Å². The Morgan fingerprint density at radius 3 is 2.06 bits per heavy atom. The number of hydrogen-bond acceptors (Lipinski definition) is 2. The van der Waals surface area contributed by atoms with E-state index in [9.17, 15) is 0 Å². The van der Waals surface area contributed by atoms with Gasteiger partial charge in [-0.3, -0.25) is 9.80 Å². The van der Waals surface area contributed by atoms with Crippen molar-refractivity contribution in [2.24, 2.45) is 0 Å². The van der Waals surface area contributed by atoms with Crippen molar-refractivity contribution in [2.45, 2.75) is 57.7 Å². The van der Waals surface area contributed by atoms with Crippen LogP contribution < -0.4 is 0 Å². The zero-order valence-electron chi connectivity index (χ0n) is 12.1. The van der Waals surface area contributed by atoms with Crippen molar-refractivity contribution in [1.82, 2.24) is 9.80 Å². The van der Waals surface area contributed by atoms with Crippen LogP contribution in [0.25, 0.3) is 0 Å². The molecule has 2 aliphatic heterocycles. The van der Waals surface area contributed by atoms with Crippen LogP contribution in [0.15, 0.2) is 11.8 Å². The summed E-state index contributed by atoms with van der Waals surface area (Å²) < 4.78 is 0. The Kier molecular flexibility index (Phi) is 6.45. The van der Waals surface area contributed by atoms with E-state index >= 15 is 0 Å². The van der Waals surface area contributed by atoms with Crippen molar-refractivity contribution in [3.8, 4) is 0 Å². The molecule has 0 aromatic rings. The Bertz CT molecular complexity index is 227. The van der Waals surface area contributed by atoms with Gasteiger partial charge in [0.2, 0.25) is 0 Å². The first-order valence-corrected chi connectivity index (χ1v) is 9.82. The van der Waals surface area contributed by atoms with Gasteiger partial charge in [-0.15, -0.1) is 5.70 Å². The molecule has 0 atom stereocenters. The summed E-state index contributed by atoms with van der Waals surface area (Å²) >= 11 is 0. The Balaban J connectivity index is 1.76. The number of nitrogens with zero attached hydrogens (tertiary/aromatic N) is 2. The molecule has 0 N–H and O–H groups in total. The van der Waals surface area contributed by atoms with Crippen LogP contribution in [-0.4, -0.2) is 51.7 Å². The van der Waals surface area contributed by atoms with E-state index in [1.807, 2.05) is 0 Å². The van der Waals surface area contributed by atoms with E-state index in [1.165, 1.54) is 70.7 Å². The normalized spacial score (nSPS) is 23.4. The monoisotopic (exact) mass is 266 g/mol. The Hall–Kier alpha value is -0.123. The average molecular weight is 267 g/mol. The molecule has 2 saturated heterocycles. The van der Waals surface area contributed by atoms with E-state index in [4.69, 9.17) is 0 Å². The standard InChI is InChI=1S/C15H30N2Si/c1-2-13-18-14-7-8-15(16-9-3-4-10-16)17-11-5-6-12-17/h2,13,15H,3-12,14,18H2,1H3. The van der Waals surface area contributed by atoms with Gasteiger partial charge in [-0.25, -0.2) is 0 Å². The molecule has 0 radical (unpaired) electrons. The maximum atomic E-state index is 2.77. The minimum Gasteiger partial charge on any atom is -0.288 e. The summed E-state index contributed by atoms with van der Waals surface area (Å²) in [6.07, 6.45) is 11.6. The molecule has 2 nitrogen and oxygen atoms in total. The zero-order valence-corrected chi connectivity index (χ0v) is 13.5. The molecule has 0 bridgehead atoms. The van der Waals surface area contributed by atoms with Crippen molar-refractivity contribution >= 4 is 9.52 Å². The fourth-order valence-corrected chi connectivity index (χ4v) is 4.58.